The molecule has 0 amide bonds. The minimum atomic E-state index is -1.36. The second-order valence-corrected chi connectivity index (χ2v) is 6.47. The molecule has 1 atom stereocenters. The highest BCUT2D eigenvalue weighted by molar-refractivity contribution is 6.26. The molecule has 0 aromatic heterocycles. The Labute approximate surface area is 154 Å². The van der Waals surface area contributed by atoms with Gasteiger partial charge in [-0.25, -0.2) is 0 Å². The van der Waals surface area contributed by atoms with Crippen LogP contribution >= 0.6 is 0 Å². The lowest BCUT2D eigenvalue weighted by Gasteiger charge is -2.21. The highest BCUT2D eigenvalue weighted by Crippen LogP contribution is 2.28. The van der Waals surface area contributed by atoms with Crippen molar-refractivity contribution in [3.8, 4) is 0 Å². The van der Waals surface area contributed by atoms with Crippen molar-refractivity contribution < 1.29 is 24.3 Å². The Kier molecular flexibility index (Phi) is 4.01. The van der Waals surface area contributed by atoms with Crippen molar-refractivity contribution in [1.82, 2.24) is 0 Å². The van der Waals surface area contributed by atoms with Crippen LogP contribution in [0.25, 0.3) is 0 Å². The molecule has 2 aliphatic rings. The number of hydrogen-bond acceptors (Lipinski definition) is 5. The lowest BCUT2D eigenvalue weighted by molar-refractivity contribution is 0.0933. The van der Waals surface area contributed by atoms with E-state index in [1.54, 1.807) is 42.5 Å². The van der Waals surface area contributed by atoms with Crippen molar-refractivity contribution in [2.24, 2.45) is 0 Å². The summed E-state index contributed by atoms with van der Waals surface area (Å²) < 4.78 is 0. The number of carbonyl (C=O) groups is 4. The van der Waals surface area contributed by atoms with Gasteiger partial charge < -0.3 is 5.11 Å². The normalized spacial score (nSPS) is 17.1. The fourth-order valence-electron chi connectivity index (χ4n) is 3.42. The van der Waals surface area contributed by atoms with Gasteiger partial charge in [0.05, 0.1) is 6.10 Å². The summed E-state index contributed by atoms with van der Waals surface area (Å²) in [6, 6.07) is 12.8. The van der Waals surface area contributed by atoms with E-state index in [-0.39, 0.29) is 51.6 Å². The van der Waals surface area contributed by atoms with Crippen molar-refractivity contribution in [2.75, 3.05) is 0 Å². The molecule has 2 aromatic carbocycles. The van der Waals surface area contributed by atoms with Crippen LogP contribution in [0, 0.1) is 0 Å². The molecule has 0 fully saturated rings. The van der Waals surface area contributed by atoms with E-state index in [0.717, 1.165) is 6.08 Å². The molecule has 0 bridgehead atoms. The number of Topliss-reactive ketones (excluding diaryl/α,β-unsaturated/α-hetero) is 2. The van der Waals surface area contributed by atoms with Gasteiger partial charge in [-0.15, -0.1) is 0 Å². The minimum Gasteiger partial charge on any atom is -0.388 e. The Morgan fingerprint density at radius 2 is 1.15 bits per heavy atom. The van der Waals surface area contributed by atoms with Crippen LogP contribution in [0.4, 0.5) is 0 Å². The number of aliphatic hydroxyl groups excluding tert-OH is 1. The van der Waals surface area contributed by atoms with Crippen LogP contribution in [0.3, 0.4) is 0 Å². The first-order valence-corrected chi connectivity index (χ1v) is 8.43. The van der Waals surface area contributed by atoms with Gasteiger partial charge >= 0.3 is 0 Å². The molecule has 5 nitrogen and oxygen atoms in total. The highest BCUT2D eigenvalue weighted by Gasteiger charge is 2.32. The van der Waals surface area contributed by atoms with E-state index >= 15 is 0 Å². The van der Waals surface area contributed by atoms with Gasteiger partial charge in [-0.05, 0) is 12.2 Å². The molecule has 0 saturated carbocycles. The summed E-state index contributed by atoms with van der Waals surface area (Å²) in [7, 11) is 0. The van der Waals surface area contributed by atoms with Gasteiger partial charge in [-0.2, -0.15) is 0 Å². The van der Waals surface area contributed by atoms with Crippen LogP contribution in [-0.4, -0.2) is 34.3 Å². The summed E-state index contributed by atoms with van der Waals surface area (Å²) >= 11 is 0. The lowest BCUT2D eigenvalue weighted by atomic mass is 9.82. The molecule has 2 aliphatic carbocycles. The number of hydrogen-bond donors (Lipinski definition) is 1. The number of aliphatic hydroxyl groups is 1. The Balaban J connectivity index is 1.63. The molecule has 2 aromatic rings. The molecule has 0 saturated heterocycles. The standard InChI is InChI=1S/C22H14O5/c23-18-9-12(21(26)15-7-3-1-5-13(15)18)10-19(24)17-11-20(25)14-6-2-4-8-16(14)22(17)27/h1-9,11,19,24H,10H2. The fraction of sp³-hybridized carbons (Fsp3) is 0.0909. The minimum absolute atomic E-state index is 0.0706. The first kappa shape index (κ1) is 17.0. The SMILES string of the molecule is O=C1C=C(CC(O)C2=CC(=O)c3ccccc3C2=O)C(=O)c2ccccc21. The third kappa shape index (κ3) is 2.78. The van der Waals surface area contributed by atoms with Crippen molar-refractivity contribution >= 4 is 23.1 Å². The number of benzene rings is 2. The maximum absolute atomic E-state index is 12.6. The summed E-state index contributed by atoms with van der Waals surface area (Å²) in [5.74, 6) is -1.50. The summed E-state index contributed by atoms with van der Waals surface area (Å²) in [4.78, 5) is 49.7. The van der Waals surface area contributed by atoms with Crippen molar-refractivity contribution in [3.63, 3.8) is 0 Å². The molecule has 4 rings (SSSR count). The molecule has 0 heterocycles. The van der Waals surface area contributed by atoms with Crippen LogP contribution in [0.2, 0.25) is 0 Å². The topological polar surface area (TPSA) is 88.5 Å². The zero-order valence-corrected chi connectivity index (χ0v) is 14.1. The lowest BCUT2D eigenvalue weighted by Crippen LogP contribution is -2.27. The van der Waals surface area contributed by atoms with Gasteiger partial charge in [0, 0.05) is 39.8 Å². The molecule has 5 heteroatoms. The van der Waals surface area contributed by atoms with Gasteiger partial charge in [0.25, 0.3) is 0 Å². The summed E-state index contributed by atoms with van der Waals surface area (Å²) in [5, 5.41) is 10.5. The molecule has 1 N–H and O–H groups in total. The molecule has 0 spiro atoms. The van der Waals surface area contributed by atoms with Gasteiger partial charge in [0.1, 0.15) is 0 Å². The molecule has 27 heavy (non-hydrogen) atoms. The van der Waals surface area contributed by atoms with Crippen LogP contribution in [0.1, 0.15) is 47.9 Å². The first-order valence-electron chi connectivity index (χ1n) is 8.43. The molecule has 132 valence electrons. The van der Waals surface area contributed by atoms with Crippen LogP contribution in [0.5, 0.6) is 0 Å². The third-order valence-electron chi connectivity index (χ3n) is 4.79. The molecule has 0 radical (unpaired) electrons. The van der Waals surface area contributed by atoms with E-state index in [0.29, 0.717) is 5.56 Å². The summed E-state index contributed by atoms with van der Waals surface area (Å²) in [5.41, 5.74) is 1.15. The first-order chi connectivity index (χ1) is 13.0. The third-order valence-corrected chi connectivity index (χ3v) is 4.79. The smallest absolute Gasteiger partial charge is 0.192 e. The average Bonchev–Trinajstić information content (AvgIpc) is 2.68. The Morgan fingerprint density at radius 3 is 1.74 bits per heavy atom. The van der Waals surface area contributed by atoms with Gasteiger partial charge in [0.2, 0.25) is 0 Å². The molecular weight excluding hydrogens is 344 g/mol. The predicted octanol–water partition coefficient (Wildman–Crippen LogP) is 2.75. The van der Waals surface area contributed by atoms with Gasteiger partial charge in [-0.3, -0.25) is 19.2 Å². The molecule has 0 aliphatic heterocycles. The van der Waals surface area contributed by atoms with Crippen LogP contribution in [-0.2, 0) is 0 Å². The zero-order chi connectivity index (χ0) is 19.1. The summed E-state index contributed by atoms with van der Waals surface area (Å²) in [6.45, 7) is 0. The molecule has 1 unspecified atom stereocenters. The van der Waals surface area contributed by atoms with Crippen molar-refractivity contribution in [3.05, 3.63) is 94.1 Å². The monoisotopic (exact) mass is 358 g/mol. The predicted molar refractivity (Wildman–Crippen MR) is 97.0 cm³/mol. The Bertz CT molecular complexity index is 1090. The Morgan fingerprint density at radius 1 is 0.667 bits per heavy atom. The average molecular weight is 358 g/mol. The number of ketones is 4. The maximum Gasteiger partial charge on any atom is 0.192 e. The van der Waals surface area contributed by atoms with Crippen molar-refractivity contribution in [1.29, 1.82) is 0 Å². The fourth-order valence-corrected chi connectivity index (χ4v) is 3.42. The highest BCUT2D eigenvalue weighted by atomic mass is 16.3. The van der Waals surface area contributed by atoms with Gasteiger partial charge in [0.15, 0.2) is 23.1 Å². The second-order valence-electron chi connectivity index (χ2n) is 6.47. The molecular formula is C22H14O5. The van der Waals surface area contributed by atoms with Crippen molar-refractivity contribution in [2.45, 2.75) is 12.5 Å². The van der Waals surface area contributed by atoms with E-state index in [2.05, 4.69) is 0 Å². The van der Waals surface area contributed by atoms with E-state index in [1.165, 1.54) is 12.1 Å². The number of allylic oxidation sites excluding steroid dienone is 2. The number of fused-ring (bicyclic) bond motifs is 2. The maximum atomic E-state index is 12.6. The number of carbonyl (C=O) groups excluding carboxylic acids is 4. The van der Waals surface area contributed by atoms with E-state index in [1.807, 2.05) is 0 Å². The zero-order valence-electron chi connectivity index (χ0n) is 14.1. The number of rotatable bonds is 3. The van der Waals surface area contributed by atoms with E-state index in [4.69, 9.17) is 0 Å². The van der Waals surface area contributed by atoms with Crippen LogP contribution < -0.4 is 0 Å². The van der Waals surface area contributed by atoms with Crippen LogP contribution in [0.15, 0.2) is 71.8 Å². The quantitative estimate of drug-likeness (QED) is 0.911. The van der Waals surface area contributed by atoms with Gasteiger partial charge in [-0.1, -0.05) is 48.5 Å². The van der Waals surface area contributed by atoms with E-state index in [9.17, 15) is 24.3 Å². The second kappa shape index (κ2) is 6.37. The van der Waals surface area contributed by atoms with E-state index < -0.39 is 11.9 Å². The largest absolute Gasteiger partial charge is 0.388 e. The Hall–Kier alpha value is -3.44. The summed E-state index contributed by atoms with van der Waals surface area (Å²) in [6.07, 6.45) is 0.727.